The fourth-order valence-corrected chi connectivity index (χ4v) is 4.09. The molecular weight excluding hydrogens is 415 g/mol. The van der Waals surface area contributed by atoms with Crippen molar-refractivity contribution in [2.24, 2.45) is 0 Å². The summed E-state index contributed by atoms with van der Waals surface area (Å²) in [5.41, 5.74) is 1.99. The molecule has 0 radical (unpaired) electrons. The van der Waals surface area contributed by atoms with Gasteiger partial charge in [0.2, 0.25) is 11.7 Å². The maximum absolute atomic E-state index is 14.1. The highest BCUT2D eigenvalue weighted by atomic mass is 19.1. The van der Waals surface area contributed by atoms with Crippen molar-refractivity contribution in [1.29, 1.82) is 0 Å². The van der Waals surface area contributed by atoms with Crippen molar-refractivity contribution >= 4 is 16.6 Å². The zero-order valence-corrected chi connectivity index (χ0v) is 16.8. The number of benzene rings is 1. The second-order valence-corrected chi connectivity index (χ2v) is 7.67. The van der Waals surface area contributed by atoms with Crippen LogP contribution < -0.4 is 5.56 Å². The predicted octanol–water partition coefficient (Wildman–Crippen LogP) is 2.79. The monoisotopic (exact) mass is 432 g/mol. The third-order valence-corrected chi connectivity index (χ3v) is 5.68. The number of halogens is 1. The molecule has 1 atom stereocenters. The SMILES string of the molecule is O=c1c2c(-c3noc(C4CCOC4)n3)ncn2c2ccc(F)cc2n1Cc1ccccn1. The van der Waals surface area contributed by atoms with Crippen LogP contribution in [0.3, 0.4) is 0 Å². The fourth-order valence-electron chi connectivity index (χ4n) is 4.09. The molecule has 1 aliphatic rings. The topological polar surface area (TPSA) is 100 Å². The average molecular weight is 432 g/mol. The number of ether oxygens (including phenoxy) is 1. The lowest BCUT2D eigenvalue weighted by Gasteiger charge is -2.12. The summed E-state index contributed by atoms with van der Waals surface area (Å²) in [5.74, 6) is 0.301. The Hall–Kier alpha value is -3.92. The van der Waals surface area contributed by atoms with Gasteiger partial charge in [0.25, 0.3) is 5.56 Å². The largest absolute Gasteiger partial charge is 0.381 e. The van der Waals surface area contributed by atoms with E-state index in [2.05, 4.69) is 20.1 Å². The quantitative estimate of drug-likeness (QED) is 0.430. The van der Waals surface area contributed by atoms with Gasteiger partial charge in [-0.25, -0.2) is 9.37 Å². The predicted molar refractivity (Wildman–Crippen MR) is 112 cm³/mol. The van der Waals surface area contributed by atoms with Gasteiger partial charge in [-0.05, 0) is 36.8 Å². The van der Waals surface area contributed by atoms with E-state index in [4.69, 9.17) is 9.26 Å². The smallest absolute Gasteiger partial charge is 0.278 e. The van der Waals surface area contributed by atoms with Gasteiger partial charge in [-0.15, -0.1) is 0 Å². The first-order valence-electron chi connectivity index (χ1n) is 10.2. The highest BCUT2D eigenvalue weighted by Crippen LogP contribution is 2.27. The van der Waals surface area contributed by atoms with Crippen LogP contribution in [0.4, 0.5) is 4.39 Å². The number of rotatable bonds is 4. The Balaban J connectivity index is 1.57. The molecule has 0 bridgehead atoms. The van der Waals surface area contributed by atoms with E-state index < -0.39 is 5.82 Å². The number of nitrogens with zero attached hydrogens (tertiary/aromatic N) is 6. The van der Waals surface area contributed by atoms with Gasteiger partial charge in [-0.1, -0.05) is 11.2 Å². The molecule has 9 nitrogen and oxygen atoms in total. The molecule has 4 aromatic heterocycles. The molecule has 0 spiro atoms. The summed E-state index contributed by atoms with van der Waals surface area (Å²) in [6, 6.07) is 9.76. The lowest BCUT2D eigenvalue weighted by Crippen LogP contribution is -2.24. The first kappa shape index (κ1) is 18.8. The average Bonchev–Trinajstić information content (AvgIpc) is 3.57. The number of pyridine rings is 1. The van der Waals surface area contributed by atoms with Crippen LogP contribution in [-0.2, 0) is 11.3 Å². The zero-order valence-electron chi connectivity index (χ0n) is 16.8. The molecule has 32 heavy (non-hydrogen) atoms. The molecule has 160 valence electrons. The molecule has 5 heterocycles. The molecule has 0 aliphatic carbocycles. The molecule has 0 amide bonds. The Morgan fingerprint density at radius 1 is 1.16 bits per heavy atom. The summed E-state index contributed by atoms with van der Waals surface area (Å²) < 4.78 is 28.1. The summed E-state index contributed by atoms with van der Waals surface area (Å²) in [7, 11) is 0. The van der Waals surface area contributed by atoms with Crippen molar-refractivity contribution in [3.8, 4) is 11.5 Å². The van der Waals surface area contributed by atoms with Crippen LogP contribution in [-0.4, -0.2) is 42.3 Å². The van der Waals surface area contributed by atoms with E-state index in [9.17, 15) is 9.18 Å². The normalized spacial score (nSPS) is 16.3. The fraction of sp³-hybridized carbons (Fsp3) is 0.227. The van der Waals surface area contributed by atoms with Gasteiger partial charge in [0, 0.05) is 12.8 Å². The van der Waals surface area contributed by atoms with E-state index in [1.165, 1.54) is 23.0 Å². The summed E-state index contributed by atoms with van der Waals surface area (Å²) in [6.07, 6.45) is 3.98. The van der Waals surface area contributed by atoms with Gasteiger partial charge in [-0.2, -0.15) is 4.98 Å². The Morgan fingerprint density at radius 3 is 2.91 bits per heavy atom. The number of imidazole rings is 1. The molecule has 6 rings (SSSR count). The van der Waals surface area contributed by atoms with Crippen molar-refractivity contribution in [1.82, 2.24) is 29.1 Å². The van der Waals surface area contributed by atoms with Crippen molar-refractivity contribution in [3.05, 3.63) is 76.7 Å². The minimum atomic E-state index is -0.437. The molecule has 5 aromatic rings. The Morgan fingerprint density at radius 2 is 2.09 bits per heavy atom. The molecule has 1 aromatic carbocycles. The van der Waals surface area contributed by atoms with Crippen molar-refractivity contribution in [2.75, 3.05) is 13.2 Å². The molecule has 1 unspecified atom stereocenters. The zero-order chi connectivity index (χ0) is 21.7. The van der Waals surface area contributed by atoms with Crippen LogP contribution in [0.25, 0.3) is 28.1 Å². The van der Waals surface area contributed by atoms with E-state index in [-0.39, 0.29) is 29.4 Å². The molecule has 1 aliphatic heterocycles. The first-order chi connectivity index (χ1) is 15.7. The van der Waals surface area contributed by atoms with Crippen molar-refractivity contribution < 1.29 is 13.7 Å². The van der Waals surface area contributed by atoms with Crippen LogP contribution in [0, 0.1) is 5.82 Å². The third-order valence-electron chi connectivity index (χ3n) is 5.68. The van der Waals surface area contributed by atoms with Crippen molar-refractivity contribution in [2.45, 2.75) is 18.9 Å². The van der Waals surface area contributed by atoms with Crippen LogP contribution in [0.5, 0.6) is 0 Å². The number of hydrogen-bond donors (Lipinski definition) is 0. The first-order valence-corrected chi connectivity index (χ1v) is 10.2. The Kier molecular flexibility index (Phi) is 4.32. The number of hydrogen-bond acceptors (Lipinski definition) is 7. The molecule has 1 saturated heterocycles. The number of aromatic nitrogens is 6. The van der Waals surface area contributed by atoms with E-state index in [1.54, 1.807) is 22.7 Å². The maximum atomic E-state index is 14.1. The Labute approximate surface area is 180 Å². The second kappa shape index (κ2) is 7.34. The van der Waals surface area contributed by atoms with E-state index in [1.807, 2.05) is 12.1 Å². The summed E-state index contributed by atoms with van der Waals surface area (Å²) in [5, 5.41) is 4.06. The van der Waals surface area contributed by atoms with Gasteiger partial charge in [0.1, 0.15) is 23.4 Å². The lowest BCUT2D eigenvalue weighted by molar-refractivity contribution is 0.189. The van der Waals surface area contributed by atoms with Crippen LogP contribution in [0.15, 0.2) is 58.2 Å². The second-order valence-electron chi connectivity index (χ2n) is 7.67. The summed E-state index contributed by atoms with van der Waals surface area (Å²) in [4.78, 5) is 26.8. The highest BCUT2D eigenvalue weighted by molar-refractivity contribution is 5.83. The van der Waals surface area contributed by atoms with Gasteiger partial charge in [0.15, 0.2) is 0 Å². The van der Waals surface area contributed by atoms with E-state index in [0.717, 1.165) is 6.42 Å². The van der Waals surface area contributed by atoms with Crippen LogP contribution in [0.2, 0.25) is 0 Å². The molecule has 0 N–H and O–H groups in total. The summed E-state index contributed by atoms with van der Waals surface area (Å²) >= 11 is 0. The maximum Gasteiger partial charge on any atom is 0.278 e. The van der Waals surface area contributed by atoms with Gasteiger partial charge in [-0.3, -0.25) is 18.7 Å². The number of fused-ring (bicyclic) bond motifs is 3. The summed E-state index contributed by atoms with van der Waals surface area (Å²) in [6.45, 7) is 1.35. The standard InChI is InChI=1S/C22H17FN6O3/c23-14-4-5-16-17(9-14)28(10-15-3-1-2-7-24-15)22(30)19-18(25-12-29(16)19)20-26-21(32-27-20)13-6-8-31-11-13/h1-5,7,9,12-13H,6,8,10-11H2. The molecule has 10 heteroatoms. The van der Waals surface area contributed by atoms with Gasteiger partial charge < -0.3 is 9.26 Å². The van der Waals surface area contributed by atoms with Crippen LogP contribution >= 0.6 is 0 Å². The Bertz CT molecular complexity index is 1500. The minimum Gasteiger partial charge on any atom is -0.381 e. The molecule has 1 fully saturated rings. The van der Waals surface area contributed by atoms with Crippen LogP contribution in [0.1, 0.15) is 23.9 Å². The van der Waals surface area contributed by atoms with Gasteiger partial charge >= 0.3 is 0 Å². The van der Waals surface area contributed by atoms with E-state index in [0.29, 0.717) is 41.5 Å². The van der Waals surface area contributed by atoms with Gasteiger partial charge in [0.05, 0.1) is 35.8 Å². The third kappa shape index (κ3) is 2.99. The highest BCUT2D eigenvalue weighted by Gasteiger charge is 2.26. The molecular formula is C22H17FN6O3. The van der Waals surface area contributed by atoms with E-state index >= 15 is 0 Å². The minimum absolute atomic E-state index is 0.0368. The lowest BCUT2D eigenvalue weighted by atomic mass is 10.1. The van der Waals surface area contributed by atoms with Crippen molar-refractivity contribution in [3.63, 3.8) is 0 Å². The molecule has 0 saturated carbocycles.